The van der Waals surface area contributed by atoms with E-state index in [1.54, 1.807) is 13.3 Å². The molecule has 2 N–H and O–H groups in total. The van der Waals surface area contributed by atoms with Crippen molar-refractivity contribution >= 4 is 22.8 Å². The fraction of sp³-hybridized carbons (Fsp3) is 0.483. The average Bonchev–Trinajstić information content (AvgIpc) is 3.59. The number of nitrogens with one attached hydrogen (secondary N) is 2. The van der Waals surface area contributed by atoms with Crippen LogP contribution in [-0.4, -0.2) is 47.4 Å². The average molecular weight is 489 g/mol. The van der Waals surface area contributed by atoms with Gasteiger partial charge in [-0.2, -0.15) is 0 Å². The summed E-state index contributed by atoms with van der Waals surface area (Å²) >= 11 is 0. The second-order valence-electron chi connectivity index (χ2n) is 10.2. The number of fused-ring (bicyclic) bond motifs is 1. The topological polar surface area (TPSA) is 87.5 Å². The summed E-state index contributed by atoms with van der Waals surface area (Å²) in [6.45, 7) is 2.52. The Kier molecular flexibility index (Phi) is 7.37. The van der Waals surface area contributed by atoms with E-state index in [2.05, 4.69) is 27.8 Å². The van der Waals surface area contributed by atoms with Gasteiger partial charge in [-0.05, 0) is 63.3 Å². The highest BCUT2D eigenvalue weighted by molar-refractivity contribution is 5.94. The third-order valence-electron chi connectivity index (χ3n) is 7.98. The summed E-state index contributed by atoms with van der Waals surface area (Å²) in [6, 6.07) is 9.24. The highest BCUT2D eigenvalue weighted by Crippen LogP contribution is 2.37. The van der Waals surface area contributed by atoms with E-state index in [0.29, 0.717) is 6.54 Å². The Hall–Kier alpha value is -3.19. The lowest BCUT2D eigenvalue weighted by Gasteiger charge is -2.35. The van der Waals surface area contributed by atoms with Crippen molar-refractivity contribution in [1.82, 2.24) is 20.5 Å². The molecule has 2 amide bonds. The van der Waals surface area contributed by atoms with Crippen LogP contribution in [0, 0.1) is 5.92 Å². The van der Waals surface area contributed by atoms with Crippen LogP contribution in [-0.2, 0) is 9.59 Å². The molecule has 0 spiro atoms. The van der Waals surface area contributed by atoms with E-state index < -0.39 is 6.04 Å². The monoisotopic (exact) mass is 488 g/mol. The van der Waals surface area contributed by atoms with E-state index in [4.69, 9.17) is 4.42 Å². The molecule has 3 heterocycles. The van der Waals surface area contributed by atoms with Gasteiger partial charge in [-0.3, -0.25) is 14.6 Å². The van der Waals surface area contributed by atoms with Gasteiger partial charge in [0.2, 0.25) is 11.8 Å². The van der Waals surface area contributed by atoms with Crippen molar-refractivity contribution < 1.29 is 14.0 Å². The lowest BCUT2D eigenvalue weighted by atomic mass is 9.83. The fourth-order valence-electron chi connectivity index (χ4n) is 5.80. The second kappa shape index (κ2) is 10.8. The summed E-state index contributed by atoms with van der Waals surface area (Å²) in [6.07, 6.45) is 12.7. The first-order valence-electron chi connectivity index (χ1n) is 13.3. The zero-order valence-corrected chi connectivity index (χ0v) is 21.2. The van der Waals surface area contributed by atoms with E-state index in [0.717, 1.165) is 66.2 Å². The third-order valence-corrected chi connectivity index (χ3v) is 7.98. The SMILES string of the molecule is CN[C@@H](C)C(=O)N[C@H](C(=O)N1CCC[C@H]1c1cncc(-c2coc3ccccc23)c1)C1CCCCC1. The van der Waals surface area contributed by atoms with Crippen LogP contribution in [0.25, 0.3) is 22.1 Å². The quantitative estimate of drug-likeness (QED) is 0.497. The van der Waals surface area contributed by atoms with Crippen LogP contribution in [0.1, 0.15) is 63.5 Å². The number of furan rings is 1. The molecule has 190 valence electrons. The molecule has 0 bridgehead atoms. The summed E-state index contributed by atoms with van der Waals surface area (Å²) in [5, 5.41) is 7.17. The maximum Gasteiger partial charge on any atom is 0.245 e. The Bertz CT molecular complexity index is 1220. The molecule has 1 saturated carbocycles. The van der Waals surface area contributed by atoms with Crippen molar-refractivity contribution in [1.29, 1.82) is 0 Å². The lowest BCUT2D eigenvalue weighted by molar-refractivity contribution is -0.139. The number of likely N-dealkylation sites (tertiary alicyclic amines) is 1. The molecule has 3 atom stereocenters. The molecule has 5 rings (SSSR count). The Morgan fingerprint density at radius 3 is 2.69 bits per heavy atom. The number of benzene rings is 1. The van der Waals surface area contributed by atoms with E-state index in [-0.39, 0.29) is 29.8 Å². The Morgan fingerprint density at radius 2 is 1.89 bits per heavy atom. The van der Waals surface area contributed by atoms with E-state index >= 15 is 0 Å². The predicted molar refractivity (Wildman–Crippen MR) is 140 cm³/mol. The normalized spacial score (nSPS) is 20.4. The van der Waals surface area contributed by atoms with E-state index in [9.17, 15) is 9.59 Å². The number of rotatable bonds is 7. The van der Waals surface area contributed by atoms with Gasteiger partial charge in [0.1, 0.15) is 11.6 Å². The Labute approximate surface area is 212 Å². The first-order valence-corrected chi connectivity index (χ1v) is 13.3. The smallest absolute Gasteiger partial charge is 0.245 e. The van der Waals surface area contributed by atoms with Crippen molar-refractivity contribution in [3.05, 3.63) is 54.6 Å². The number of nitrogens with zero attached hydrogens (tertiary/aromatic N) is 2. The Balaban J connectivity index is 1.41. The van der Waals surface area contributed by atoms with Gasteiger partial charge < -0.3 is 20.0 Å². The number of aromatic nitrogens is 1. The molecule has 0 radical (unpaired) electrons. The van der Waals surface area contributed by atoms with Gasteiger partial charge in [0.05, 0.1) is 18.3 Å². The van der Waals surface area contributed by atoms with Crippen molar-refractivity contribution in [2.75, 3.05) is 13.6 Å². The molecule has 1 aliphatic carbocycles. The number of hydrogen-bond acceptors (Lipinski definition) is 5. The minimum absolute atomic E-state index is 0.0419. The van der Waals surface area contributed by atoms with Gasteiger partial charge in [0.25, 0.3) is 0 Å². The third kappa shape index (κ3) is 4.89. The maximum atomic E-state index is 14.0. The van der Waals surface area contributed by atoms with Crippen LogP contribution >= 0.6 is 0 Å². The molecule has 2 aliphatic rings. The van der Waals surface area contributed by atoms with Crippen LogP contribution in [0.2, 0.25) is 0 Å². The zero-order valence-electron chi connectivity index (χ0n) is 21.2. The molecule has 2 fully saturated rings. The molecule has 1 aliphatic heterocycles. The summed E-state index contributed by atoms with van der Waals surface area (Å²) in [5.74, 6) is 0.107. The van der Waals surface area contributed by atoms with Crippen molar-refractivity contribution in [2.45, 2.75) is 70.0 Å². The molecular formula is C29H36N4O3. The molecule has 7 nitrogen and oxygen atoms in total. The van der Waals surface area contributed by atoms with Crippen LogP contribution in [0.15, 0.2) is 53.4 Å². The van der Waals surface area contributed by atoms with Crippen LogP contribution in [0.4, 0.5) is 0 Å². The summed E-state index contributed by atoms with van der Waals surface area (Å²) in [5.41, 5.74) is 3.86. The number of carbonyl (C=O) groups is 2. The highest BCUT2D eigenvalue weighted by atomic mass is 16.3. The van der Waals surface area contributed by atoms with E-state index in [1.807, 2.05) is 42.4 Å². The number of carbonyl (C=O) groups excluding carboxylic acids is 2. The maximum absolute atomic E-state index is 14.0. The molecule has 36 heavy (non-hydrogen) atoms. The first kappa shape index (κ1) is 24.5. The summed E-state index contributed by atoms with van der Waals surface area (Å²) in [4.78, 5) is 33.4. The van der Waals surface area contributed by atoms with Crippen molar-refractivity contribution in [2.24, 2.45) is 5.92 Å². The standard InChI is InChI=1S/C29H36N4O3/c1-19(30-2)28(34)32-27(20-9-4-3-5-10-20)29(35)33-14-8-12-25(33)22-15-21(16-31-17-22)24-18-36-26-13-7-6-11-23(24)26/h6-7,11,13,15-20,25,27,30H,3-5,8-10,12,14H2,1-2H3,(H,32,34)/t19-,25-,27-/m0/s1. The lowest BCUT2D eigenvalue weighted by Crippen LogP contribution is -2.55. The zero-order chi connectivity index (χ0) is 25.1. The van der Waals surface area contributed by atoms with Crippen LogP contribution < -0.4 is 10.6 Å². The van der Waals surface area contributed by atoms with Gasteiger partial charge in [-0.15, -0.1) is 0 Å². The molecule has 2 aromatic heterocycles. The molecule has 3 aromatic rings. The van der Waals surface area contributed by atoms with E-state index in [1.165, 1.54) is 6.42 Å². The number of amides is 2. The fourth-order valence-corrected chi connectivity index (χ4v) is 5.80. The molecular weight excluding hydrogens is 452 g/mol. The molecule has 1 aromatic carbocycles. The van der Waals surface area contributed by atoms with Gasteiger partial charge in [-0.1, -0.05) is 37.5 Å². The number of hydrogen-bond donors (Lipinski definition) is 2. The largest absolute Gasteiger partial charge is 0.464 e. The molecule has 0 unspecified atom stereocenters. The van der Waals surface area contributed by atoms with Crippen LogP contribution in [0.3, 0.4) is 0 Å². The van der Waals surface area contributed by atoms with Gasteiger partial charge in [-0.25, -0.2) is 0 Å². The first-order chi connectivity index (χ1) is 17.6. The predicted octanol–water partition coefficient (Wildman–Crippen LogP) is 4.83. The molecule has 7 heteroatoms. The Morgan fingerprint density at radius 1 is 1.08 bits per heavy atom. The number of pyridine rings is 1. The van der Waals surface area contributed by atoms with Crippen LogP contribution in [0.5, 0.6) is 0 Å². The van der Waals surface area contributed by atoms with Crippen molar-refractivity contribution in [3.63, 3.8) is 0 Å². The summed E-state index contributed by atoms with van der Waals surface area (Å²) < 4.78 is 5.75. The minimum atomic E-state index is -0.483. The van der Waals surface area contributed by atoms with Gasteiger partial charge in [0.15, 0.2) is 0 Å². The van der Waals surface area contributed by atoms with Gasteiger partial charge >= 0.3 is 0 Å². The van der Waals surface area contributed by atoms with Gasteiger partial charge in [0, 0.05) is 35.5 Å². The van der Waals surface area contributed by atoms with Crippen molar-refractivity contribution in [3.8, 4) is 11.1 Å². The summed E-state index contributed by atoms with van der Waals surface area (Å²) in [7, 11) is 1.77. The molecule has 1 saturated heterocycles. The second-order valence-corrected chi connectivity index (χ2v) is 10.2. The number of para-hydroxylation sites is 1. The number of likely N-dealkylation sites (N-methyl/N-ethyl adjacent to an activating group) is 1. The highest BCUT2D eigenvalue weighted by Gasteiger charge is 2.39. The minimum Gasteiger partial charge on any atom is -0.464 e.